The number of hydrogen-bond donors (Lipinski definition) is 19. The Hall–Kier alpha value is -10.8. The summed E-state index contributed by atoms with van der Waals surface area (Å²) in [4.78, 5) is 262. The number of imidazole rings is 2. The molecule has 656 valence electrons. The van der Waals surface area contributed by atoms with Crippen LogP contribution in [0, 0.1) is 23.7 Å². The summed E-state index contributed by atoms with van der Waals surface area (Å²) < 4.78 is 0. The first kappa shape index (κ1) is 97.7. The lowest BCUT2D eigenvalue weighted by molar-refractivity contribution is -0.144. The fourth-order valence-electron chi connectivity index (χ4n) is 13.6. The Labute approximate surface area is 687 Å². The first-order valence-corrected chi connectivity index (χ1v) is 41.1. The quantitative estimate of drug-likeness (QED) is 0.0298. The fraction of sp³-hybridized carbons (Fsp3) is 0.680. The minimum atomic E-state index is -1.76. The number of likely N-dealkylation sites (tertiary alicyclic amines) is 3. The van der Waals surface area contributed by atoms with E-state index >= 15 is 0 Å². The van der Waals surface area contributed by atoms with E-state index in [2.05, 4.69) is 83.7 Å². The molecule has 0 unspecified atom stereocenters. The predicted molar refractivity (Wildman–Crippen MR) is 422 cm³/mol. The van der Waals surface area contributed by atoms with Crippen LogP contribution in [0.3, 0.4) is 0 Å². The molecule has 0 bridgehead atoms. The molecule has 118 heavy (non-hydrogen) atoms. The van der Waals surface area contributed by atoms with Crippen molar-refractivity contribution in [2.75, 3.05) is 44.7 Å². The molecule has 2 aromatic rings. The number of carboxylic acids is 3. The summed E-state index contributed by atoms with van der Waals surface area (Å²) in [6.45, 7) is 14.8. The van der Waals surface area contributed by atoms with Gasteiger partial charge in [0.1, 0.15) is 78.5 Å². The van der Waals surface area contributed by atoms with Crippen LogP contribution in [-0.2, 0) is 99.1 Å². The second-order valence-corrected chi connectivity index (χ2v) is 31.7. The van der Waals surface area contributed by atoms with Crippen molar-refractivity contribution in [1.82, 2.24) is 98.4 Å². The van der Waals surface area contributed by atoms with E-state index in [1.165, 1.54) is 60.5 Å². The third-order valence-electron chi connectivity index (χ3n) is 21.0. The minimum absolute atomic E-state index is 0.0242. The average Bonchev–Trinajstić information content (AvgIpc) is 1.67. The molecule has 2 aromatic heterocycles. The Balaban J connectivity index is 1.22. The van der Waals surface area contributed by atoms with Crippen LogP contribution in [0.4, 0.5) is 0 Å². The lowest BCUT2D eigenvalue weighted by atomic mass is 9.94. The van der Waals surface area contributed by atoms with Crippen molar-refractivity contribution in [1.29, 1.82) is 0 Å². The summed E-state index contributed by atoms with van der Waals surface area (Å²) in [7, 11) is 0. The molecular weight excluding hydrogens is 1570 g/mol. The van der Waals surface area contributed by atoms with E-state index < -0.39 is 260 Å². The van der Waals surface area contributed by atoms with E-state index in [0.29, 0.717) is 42.8 Å². The molecular formula is C75H118N20O22S. The number of aliphatic hydroxyl groups excluding tert-OH is 1. The molecule has 3 aliphatic rings. The normalized spacial score (nSPS) is 18.8. The molecule has 0 aliphatic carbocycles. The topological polar surface area (TPSA) is 626 Å². The number of aromatic nitrogens is 4. The van der Waals surface area contributed by atoms with Crippen molar-refractivity contribution in [3.05, 3.63) is 36.4 Å². The van der Waals surface area contributed by atoms with Gasteiger partial charge in [-0.1, -0.05) is 68.2 Å². The Morgan fingerprint density at radius 1 is 0.466 bits per heavy atom. The summed E-state index contributed by atoms with van der Waals surface area (Å²) in [5.74, 6) is -18.5. The van der Waals surface area contributed by atoms with Gasteiger partial charge in [0, 0.05) is 69.1 Å². The Bertz CT molecular complexity index is 3830. The fourth-order valence-corrected chi connectivity index (χ4v) is 14.1. The molecule has 3 saturated heterocycles. The smallest absolute Gasteiger partial charge is 0.326 e. The van der Waals surface area contributed by atoms with Crippen LogP contribution in [-0.4, -0.2) is 297 Å². The number of nitrogens with one attached hydrogen (secondary N) is 14. The van der Waals surface area contributed by atoms with E-state index in [1.54, 1.807) is 55.4 Å². The van der Waals surface area contributed by atoms with Gasteiger partial charge < -0.3 is 115 Å². The Morgan fingerprint density at radius 3 is 1.31 bits per heavy atom. The number of nitrogens with zero attached hydrogens (tertiary/aromatic N) is 5. The lowest BCUT2D eigenvalue weighted by Gasteiger charge is -2.33. The maximum atomic E-state index is 14.8. The number of hydrogen-bond acceptors (Lipinski definition) is 23. The van der Waals surface area contributed by atoms with Gasteiger partial charge in [0.15, 0.2) is 0 Å². The van der Waals surface area contributed by atoms with Crippen molar-refractivity contribution in [2.45, 2.75) is 256 Å². The van der Waals surface area contributed by atoms with Crippen molar-refractivity contribution in [2.24, 2.45) is 29.4 Å². The van der Waals surface area contributed by atoms with Crippen LogP contribution in [0.1, 0.15) is 164 Å². The Kier molecular flexibility index (Phi) is 39.4. The van der Waals surface area contributed by atoms with Crippen LogP contribution in [0.2, 0.25) is 0 Å². The minimum Gasteiger partial charge on any atom is -0.481 e. The summed E-state index contributed by atoms with van der Waals surface area (Å²) in [5, 5.41) is 69.9. The van der Waals surface area contributed by atoms with Gasteiger partial charge in [-0.3, -0.25) is 81.5 Å². The van der Waals surface area contributed by atoms with E-state index in [-0.39, 0.29) is 64.6 Å². The van der Waals surface area contributed by atoms with Crippen LogP contribution < -0.4 is 69.5 Å². The number of carbonyl (C=O) groups is 18. The highest BCUT2D eigenvalue weighted by Crippen LogP contribution is 2.24. The SMILES string of the molecule is CC[C@@H](C)[C@H](NC(=O)[C@H](NC(=O)[C@@H]1CCCN1C(=O)[C@@H](Cc1cnc[nH]1)NC(=O)[C@@H]1CCCN1C(=O)CNC(=O)[C@@H](C)NC(=O)[C@H](N)CCSC)C(C)C)C(=O)N[C@H](C(=O)N[C@H](C(=O)N[C@H](C(=O)NCC(=O)N1CCC[C@@H]1C(=O)N[C@@H](Cc1cnc[nH]1)C(=O)N[C@@H](CCC(=O)O)C(=O)N[C@@H](CCC(=O)O)C(=O)O)[C@@H](C)O)[C@@H](C)CC)C(C)C. The number of rotatable bonds is 48. The molecule has 42 nitrogen and oxygen atoms in total. The molecule has 0 radical (unpaired) electrons. The van der Waals surface area contributed by atoms with Gasteiger partial charge in [-0.2, -0.15) is 11.8 Å². The van der Waals surface area contributed by atoms with Crippen LogP contribution in [0.5, 0.6) is 0 Å². The molecule has 20 N–H and O–H groups in total. The van der Waals surface area contributed by atoms with E-state index in [9.17, 15) is 102 Å². The molecule has 0 saturated carbocycles. The van der Waals surface area contributed by atoms with Gasteiger partial charge >= 0.3 is 17.9 Å². The van der Waals surface area contributed by atoms with Crippen molar-refractivity contribution in [3.8, 4) is 0 Å². The number of carboxylic acid groups (broad SMARTS) is 3. The van der Waals surface area contributed by atoms with Crippen molar-refractivity contribution in [3.63, 3.8) is 0 Å². The maximum absolute atomic E-state index is 14.8. The number of thioether (sulfide) groups is 1. The van der Waals surface area contributed by atoms with Crippen LogP contribution >= 0.6 is 11.8 Å². The standard InChI is InChI=1S/C75H118N20O22S/c1-12-39(7)59(90-70(111)57(37(3)4)88-68(109)52-19-16-27-95(52)74(115)49(30-44-32-78-36-82-44)87-67(108)51-18-15-26-94(51)53(97)33-79-62(103)41(9)83-63(104)45(76)24-28-118-11)72(113)89-58(38(5)6)71(112)91-60(40(8)13-2)73(114)92-61(42(10)96)69(110)80-34-54(98)93-25-14-17-50(93)66(107)86-48(29-43-31-77-35-81-43)65(106)84-46(20-22-55(99)100)64(105)85-47(75(116)117)21-23-56(101)102/h31-32,35-42,45-52,57-61,96H,12-30,33-34,76H2,1-11H3,(H,77,81)(H,78,82)(H,79,103)(H,80,110)(H,83,104)(H,84,106)(H,85,105)(H,86,107)(H,87,108)(H,88,109)(H,89,113)(H,90,111)(H,91,112)(H,92,114)(H,99,100)(H,101,102)(H,116,117)/t39-,40+,41-,42-,45-,46+,47+,48+,49-,50-,51+,52+,57-,58+,59+,60+,61+/m1/s1. The van der Waals surface area contributed by atoms with Crippen LogP contribution in [0.15, 0.2) is 25.0 Å². The number of carbonyl (C=O) groups excluding carboxylic acids is 15. The number of aliphatic carboxylic acids is 3. The molecule has 3 aliphatic heterocycles. The van der Waals surface area contributed by atoms with E-state index in [1.807, 2.05) is 6.26 Å². The van der Waals surface area contributed by atoms with Gasteiger partial charge in [-0.05, 0) is 107 Å². The summed E-state index contributed by atoms with van der Waals surface area (Å²) in [6, 6.07) is -18.8. The molecule has 43 heteroatoms. The third kappa shape index (κ3) is 29.3. The zero-order valence-corrected chi connectivity index (χ0v) is 69.3. The van der Waals surface area contributed by atoms with Crippen LogP contribution in [0.25, 0.3) is 0 Å². The molecule has 15 amide bonds. The zero-order valence-electron chi connectivity index (χ0n) is 68.5. The van der Waals surface area contributed by atoms with E-state index in [4.69, 9.17) is 10.8 Å². The number of H-pyrrole nitrogens is 2. The van der Waals surface area contributed by atoms with Gasteiger partial charge in [-0.25, -0.2) is 14.8 Å². The first-order chi connectivity index (χ1) is 55.7. The number of aromatic amines is 2. The molecule has 5 heterocycles. The average molecular weight is 1680 g/mol. The summed E-state index contributed by atoms with van der Waals surface area (Å²) >= 11 is 1.51. The number of amides is 15. The second-order valence-electron chi connectivity index (χ2n) is 30.7. The zero-order chi connectivity index (χ0) is 87.9. The second kappa shape index (κ2) is 47.5. The first-order valence-electron chi connectivity index (χ1n) is 39.8. The predicted octanol–water partition coefficient (Wildman–Crippen LogP) is -4.33. The highest BCUT2D eigenvalue weighted by Gasteiger charge is 2.45. The summed E-state index contributed by atoms with van der Waals surface area (Å²) in [5.41, 5.74) is 6.69. The molecule has 3 fully saturated rings. The van der Waals surface area contributed by atoms with E-state index in [0.717, 1.165) is 4.90 Å². The van der Waals surface area contributed by atoms with Crippen molar-refractivity contribution < 1.29 is 107 Å². The molecule has 0 aromatic carbocycles. The molecule has 0 spiro atoms. The Morgan fingerprint density at radius 2 is 0.864 bits per heavy atom. The molecule has 17 atom stereocenters. The highest BCUT2D eigenvalue weighted by molar-refractivity contribution is 7.98. The van der Waals surface area contributed by atoms with Gasteiger partial charge in [0.05, 0.1) is 37.9 Å². The highest BCUT2D eigenvalue weighted by atomic mass is 32.2. The van der Waals surface area contributed by atoms with Gasteiger partial charge in [0.25, 0.3) is 0 Å². The maximum Gasteiger partial charge on any atom is 0.326 e. The number of aliphatic hydroxyl groups is 1. The summed E-state index contributed by atoms with van der Waals surface area (Å²) in [6.07, 6.45) is 5.20. The van der Waals surface area contributed by atoms with Crippen molar-refractivity contribution >= 4 is 118 Å². The lowest BCUT2D eigenvalue weighted by Crippen LogP contribution is -2.63. The van der Waals surface area contributed by atoms with Gasteiger partial charge in [0.2, 0.25) is 88.6 Å². The van der Waals surface area contributed by atoms with Gasteiger partial charge in [-0.15, -0.1) is 0 Å². The monoisotopic (exact) mass is 1680 g/mol. The number of nitrogens with two attached hydrogens (primary N) is 1. The third-order valence-corrected chi connectivity index (χ3v) is 21.7. The largest absolute Gasteiger partial charge is 0.481 e. The molecule has 5 rings (SSSR count).